The predicted molar refractivity (Wildman–Crippen MR) is 121 cm³/mol. The molecule has 0 radical (unpaired) electrons. The van der Waals surface area contributed by atoms with Crippen molar-refractivity contribution >= 4 is 28.8 Å². The van der Waals surface area contributed by atoms with Gasteiger partial charge in [0.1, 0.15) is 18.1 Å². The van der Waals surface area contributed by atoms with Gasteiger partial charge in [0.05, 0.1) is 12.3 Å². The molecule has 0 aliphatic heterocycles. The van der Waals surface area contributed by atoms with Gasteiger partial charge in [0.2, 0.25) is 0 Å². The van der Waals surface area contributed by atoms with Crippen LogP contribution in [0, 0.1) is 6.92 Å². The molecule has 0 spiro atoms. The fourth-order valence-electron chi connectivity index (χ4n) is 3.27. The standard InChI is InChI=1S/C24H22ClN3O3/c1-3-30-21-5-4-14-28-22(16(2)26-23(21)28)24(29)27-19-10-12-20(13-11-19)31-15-17-6-8-18(25)9-7-17/h4-14H,3,15H2,1-2H3,(H,27,29). The van der Waals surface area contributed by atoms with E-state index >= 15 is 0 Å². The smallest absolute Gasteiger partial charge is 0.274 e. The van der Waals surface area contributed by atoms with Crippen LogP contribution in [0.4, 0.5) is 5.69 Å². The average Bonchev–Trinajstić information content (AvgIpc) is 3.11. The maximum absolute atomic E-state index is 12.9. The van der Waals surface area contributed by atoms with Gasteiger partial charge in [0.15, 0.2) is 11.4 Å². The van der Waals surface area contributed by atoms with Gasteiger partial charge in [-0.15, -0.1) is 0 Å². The van der Waals surface area contributed by atoms with E-state index in [1.807, 2.05) is 62.4 Å². The molecule has 0 fully saturated rings. The number of nitrogens with one attached hydrogen (secondary N) is 1. The molecule has 0 aliphatic rings. The van der Waals surface area contributed by atoms with Gasteiger partial charge in [-0.2, -0.15) is 0 Å². The van der Waals surface area contributed by atoms with Gasteiger partial charge in [-0.25, -0.2) is 4.98 Å². The number of hydrogen-bond donors (Lipinski definition) is 1. The van der Waals surface area contributed by atoms with Gasteiger partial charge >= 0.3 is 0 Å². The van der Waals surface area contributed by atoms with E-state index in [2.05, 4.69) is 10.3 Å². The summed E-state index contributed by atoms with van der Waals surface area (Å²) in [4.78, 5) is 17.5. The van der Waals surface area contributed by atoms with Gasteiger partial charge in [0.25, 0.3) is 5.91 Å². The molecule has 7 heteroatoms. The maximum Gasteiger partial charge on any atom is 0.274 e. The van der Waals surface area contributed by atoms with Gasteiger partial charge in [-0.1, -0.05) is 23.7 Å². The van der Waals surface area contributed by atoms with E-state index in [1.165, 1.54) is 0 Å². The second-order valence-electron chi connectivity index (χ2n) is 6.94. The fraction of sp³-hybridized carbons (Fsp3) is 0.167. The Hall–Kier alpha value is -3.51. The Kier molecular flexibility index (Phi) is 6.09. The largest absolute Gasteiger partial charge is 0.490 e. The van der Waals surface area contributed by atoms with Crippen molar-refractivity contribution in [2.45, 2.75) is 20.5 Å². The summed E-state index contributed by atoms with van der Waals surface area (Å²) in [7, 11) is 0. The minimum absolute atomic E-state index is 0.242. The number of nitrogens with zero attached hydrogens (tertiary/aromatic N) is 2. The van der Waals surface area contributed by atoms with Crippen molar-refractivity contribution < 1.29 is 14.3 Å². The third kappa shape index (κ3) is 4.64. The van der Waals surface area contributed by atoms with Crippen molar-refractivity contribution in [1.29, 1.82) is 0 Å². The van der Waals surface area contributed by atoms with Crippen LogP contribution in [0.1, 0.15) is 28.7 Å². The second-order valence-corrected chi connectivity index (χ2v) is 7.37. The molecule has 158 valence electrons. The van der Waals surface area contributed by atoms with E-state index in [-0.39, 0.29) is 5.91 Å². The Bertz CT molecular complexity index is 1200. The summed E-state index contributed by atoms with van der Waals surface area (Å²) in [6, 6.07) is 18.4. The maximum atomic E-state index is 12.9. The van der Waals surface area contributed by atoms with Crippen molar-refractivity contribution in [1.82, 2.24) is 9.38 Å². The SMILES string of the molecule is CCOc1cccn2c(C(=O)Nc3ccc(OCc4ccc(Cl)cc4)cc3)c(C)nc12. The molecule has 4 rings (SSSR count). The summed E-state index contributed by atoms with van der Waals surface area (Å²) < 4.78 is 13.2. The zero-order valence-electron chi connectivity index (χ0n) is 17.3. The number of aromatic nitrogens is 2. The van der Waals surface area contributed by atoms with Crippen molar-refractivity contribution in [2.24, 2.45) is 0 Å². The molecule has 0 saturated heterocycles. The number of imidazole rings is 1. The number of carbonyl (C=O) groups is 1. The molecule has 2 heterocycles. The molecule has 4 aromatic rings. The van der Waals surface area contributed by atoms with Crippen LogP contribution < -0.4 is 14.8 Å². The molecular formula is C24H22ClN3O3. The topological polar surface area (TPSA) is 64.9 Å². The first-order chi connectivity index (χ1) is 15.0. The first-order valence-corrected chi connectivity index (χ1v) is 10.3. The number of aryl methyl sites for hydroxylation is 1. The molecule has 0 saturated carbocycles. The van der Waals surface area contributed by atoms with Crippen LogP contribution in [0.5, 0.6) is 11.5 Å². The van der Waals surface area contributed by atoms with Crippen molar-refractivity contribution in [3.05, 3.63) is 88.8 Å². The highest BCUT2D eigenvalue weighted by Gasteiger charge is 2.19. The lowest BCUT2D eigenvalue weighted by atomic mass is 10.2. The van der Waals surface area contributed by atoms with E-state index < -0.39 is 0 Å². The minimum atomic E-state index is -0.242. The molecule has 2 aromatic heterocycles. The lowest BCUT2D eigenvalue weighted by Gasteiger charge is -2.09. The number of anilines is 1. The van der Waals surface area contributed by atoms with Crippen LogP contribution in [-0.4, -0.2) is 21.9 Å². The van der Waals surface area contributed by atoms with Gasteiger partial charge in [0, 0.05) is 16.9 Å². The third-order valence-electron chi connectivity index (χ3n) is 4.73. The Balaban J connectivity index is 1.46. The summed E-state index contributed by atoms with van der Waals surface area (Å²) in [5, 5.41) is 3.62. The normalized spacial score (nSPS) is 10.8. The molecule has 0 aliphatic carbocycles. The van der Waals surface area contributed by atoms with Crippen LogP contribution >= 0.6 is 11.6 Å². The van der Waals surface area contributed by atoms with Crippen molar-refractivity contribution in [3.8, 4) is 11.5 Å². The van der Waals surface area contributed by atoms with Gasteiger partial charge < -0.3 is 14.8 Å². The van der Waals surface area contributed by atoms with Crippen molar-refractivity contribution in [2.75, 3.05) is 11.9 Å². The Labute approximate surface area is 185 Å². The van der Waals surface area contributed by atoms with Crippen LogP contribution in [0.3, 0.4) is 0 Å². The quantitative estimate of drug-likeness (QED) is 0.414. The molecule has 2 aromatic carbocycles. The molecule has 0 unspecified atom stereocenters. The molecule has 31 heavy (non-hydrogen) atoms. The molecule has 0 bridgehead atoms. The number of benzene rings is 2. The number of amides is 1. The van der Waals surface area contributed by atoms with E-state index in [9.17, 15) is 4.79 Å². The number of rotatable bonds is 7. The molecular weight excluding hydrogens is 414 g/mol. The Morgan fingerprint density at radius 2 is 1.81 bits per heavy atom. The van der Waals surface area contributed by atoms with Crippen LogP contribution in [0.25, 0.3) is 5.65 Å². The fourth-order valence-corrected chi connectivity index (χ4v) is 3.40. The lowest BCUT2D eigenvalue weighted by Crippen LogP contribution is -2.15. The summed E-state index contributed by atoms with van der Waals surface area (Å²) in [6.07, 6.45) is 1.81. The zero-order chi connectivity index (χ0) is 21.8. The number of hydrogen-bond acceptors (Lipinski definition) is 4. The highest BCUT2D eigenvalue weighted by molar-refractivity contribution is 6.30. The average molecular weight is 436 g/mol. The van der Waals surface area contributed by atoms with E-state index in [4.69, 9.17) is 21.1 Å². The van der Waals surface area contributed by atoms with E-state index in [1.54, 1.807) is 22.7 Å². The molecule has 1 amide bonds. The summed E-state index contributed by atoms with van der Waals surface area (Å²) in [5.74, 6) is 1.11. The number of carbonyl (C=O) groups excluding carboxylic acids is 1. The van der Waals surface area contributed by atoms with Crippen molar-refractivity contribution in [3.63, 3.8) is 0 Å². The van der Waals surface area contributed by atoms with Gasteiger partial charge in [-0.05, 0) is 67.9 Å². The van der Waals surface area contributed by atoms with Crippen LogP contribution in [-0.2, 0) is 6.61 Å². The third-order valence-corrected chi connectivity index (χ3v) is 4.99. The molecule has 0 atom stereocenters. The van der Waals surface area contributed by atoms with E-state index in [0.29, 0.717) is 52.5 Å². The number of ether oxygens (including phenoxy) is 2. The predicted octanol–water partition coefficient (Wildman–Crippen LogP) is 5.53. The number of fused-ring (bicyclic) bond motifs is 1. The summed E-state index contributed by atoms with van der Waals surface area (Å²) in [5.41, 5.74) is 3.42. The highest BCUT2D eigenvalue weighted by Crippen LogP contribution is 2.23. The second kappa shape index (κ2) is 9.10. The minimum Gasteiger partial charge on any atom is -0.490 e. The molecule has 6 nitrogen and oxygen atoms in total. The number of halogens is 1. The van der Waals surface area contributed by atoms with Gasteiger partial charge in [-0.3, -0.25) is 9.20 Å². The highest BCUT2D eigenvalue weighted by atomic mass is 35.5. The zero-order valence-corrected chi connectivity index (χ0v) is 18.0. The monoisotopic (exact) mass is 435 g/mol. The summed E-state index contributed by atoms with van der Waals surface area (Å²) in [6.45, 7) is 4.69. The first-order valence-electron chi connectivity index (χ1n) is 9.94. The summed E-state index contributed by atoms with van der Waals surface area (Å²) >= 11 is 5.90. The number of pyridine rings is 1. The first kappa shape index (κ1) is 20.8. The lowest BCUT2D eigenvalue weighted by molar-refractivity contribution is 0.102. The Morgan fingerprint density at radius 1 is 1.06 bits per heavy atom. The van der Waals surface area contributed by atoms with Crippen LogP contribution in [0.15, 0.2) is 66.9 Å². The van der Waals surface area contributed by atoms with Crippen LogP contribution in [0.2, 0.25) is 5.02 Å². The molecule has 1 N–H and O–H groups in total. The Morgan fingerprint density at radius 3 is 2.52 bits per heavy atom. The van der Waals surface area contributed by atoms with E-state index in [0.717, 1.165) is 5.56 Å².